The summed E-state index contributed by atoms with van der Waals surface area (Å²) in [5.41, 5.74) is 0.772. The van der Waals surface area contributed by atoms with Crippen molar-refractivity contribution in [1.29, 1.82) is 0 Å². The van der Waals surface area contributed by atoms with Gasteiger partial charge in [0.15, 0.2) is 5.15 Å². The van der Waals surface area contributed by atoms with Crippen molar-refractivity contribution in [3.8, 4) is 0 Å². The van der Waals surface area contributed by atoms with Crippen LogP contribution >= 0.6 is 23.2 Å². The summed E-state index contributed by atoms with van der Waals surface area (Å²) in [4.78, 5) is 31.7. The van der Waals surface area contributed by atoms with Crippen LogP contribution in [-0.2, 0) is 9.59 Å². The maximum Gasteiger partial charge on any atom is 0.308 e. The van der Waals surface area contributed by atoms with Crippen LogP contribution in [0.2, 0.25) is 10.4 Å². The molecule has 2 rings (SSSR count). The van der Waals surface area contributed by atoms with Gasteiger partial charge < -0.3 is 10.0 Å². The third-order valence-corrected chi connectivity index (χ3v) is 3.17. The second-order valence-electron chi connectivity index (χ2n) is 3.96. The average Bonchev–Trinajstić information content (AvgIpc) is 2.59. The first-order valence-electron chi connectivity index (χ1n) is 5.13. The summed E-state index contributed by atoms with van der Waals surface area (Å²) in [6.07, 6.45) is -0.0479. The standard InChI is InChI=1S/C10H9Cl2N3O3/c1-4-7(8(11)14-10(12)13-4)15-3-5(9(17)18)2-6(15)16/h5H,2-3H2,1H3,(H,17,18). The molecule has 96 valence electrons. The van der Waals surface area contributed by atoms with Gasteiger partial charge in [-0.25, -0.2) is 9.97 Å². The molecule has 1 atom stereocenters. The number of halogens is 2. The molecule has 1 aromatic heterocycles. The molecule has 1 aliphatic rings. The number of aliphatic carboxylic acids is 1. The minimum Gasteiger partial charge on any atom is -0.481 e. The summed E-state index contributed by atoms with van der Waals surface area (Å²) in [7, 11) is 0. The largest absolute Gasteiger partial charge is 0.481 e. The van der Waals surface area contributed by atoms with E-state index in [1.54, 1.807) is 6.92 Å². The topological polar surface area (TPSA) is 83.4 Å². The van der Waals surface area contributed by atoms with Gasteiger partial charge in [-0.2, -0.15) is 0 Å². The van der Waals surface area contributed by atoms with Crippen LogP contribution in [0.3, 0.4) is 0 Å². The molecule has 0 aromatic carbocycles. The molecule has 1 amide bonds. The molecule has 1 unspecified atom stereocenters. The summed E-state index contributed by atoms with van der Waals surface area (Å²) in [5.74, 6) is -2.04. The Hall–Kier alpha value is -1.40. The fourth-order valence-corrected chi connectivity index (χ4v) is 2.47. The quantitative estimate of drug-likeness (QED) is 0.659. The Morgan fingerprint density at radius 2 is 2.11 bits per heavy atom. The highest BCUT2D eigenvalue weighted by Crippen LogP contribution is 2.32. The molecule has 0 aliphatic carbocycles. The monoisotopic (exact) mass is 289 g/mol. The molecule has 1 N–H and O–H groups in total. The van der Waals surface area contributed by atoms with Crippen molar-refractivity contribution in [2.75, 3.05) is 11.4 Å². The number of carboxylic acid groups (broad SMARTS) is 1. The van der Waals surface area contributed by atoms with E-state index in [4.69, 9.17) is 28.3 Å². The fourth-order valence-electron chi connectivity index (χ4n) is 1.90. The van der Waals surface area contributed by atoms with Gasteiger partial charge in [-0.1, -0.05) is 11.6 Å². The highest BCUT2D eigenvalue weighted by Gasteiger charge is 2.37. The van der Waals surface area contributed by atoms with Gasteiger partial charge in [-0.05, 0) is 18.5 Å². The van der Waals surface area contributed by atoms with Crippen LogP contribution in [0.5, 0.6) is 0 Å². The second kappa shape index (κ2) is 4.70. The lowest BCUT2D eigenvalue weighted by Crippen LogP contribution is -2.27. The number of carbonyl (C=O) groups is 2. The van der Waals surface area contributed by atoms with Crippen LogP contribution in [0.1, 0.15) is 12.1 Å². The number of rotatable bonds is 2. The normalized spacial score (nSPS) is 19.4. The third-order valence-electron chi connectivity index (χ3n) is 2.73. The molecule has 0 bridgehead atoms. The van der Waals surface area contributed by atoms with Gasteiger partial charge in [0, 0.05) is 13.0 Å². The lowest BCUT2D eigenvalue weighted by Gasteiger charge is -2.18. The first-order valence-corrected chi connectivity index (χ1v) is 5.88. The second-order valence-corrected chi connectivity index (χ2v) is 4.66. The van der Waals surface area contributed by atoms with E-state index >= 15 is 0 Å². The zero-order valence-electron chi connectivity index (χ0n) is 9.35. The molecule has 1 fully saturated rings. The van der Waals surface area contributed by atoms with Crippen molar-refractivity contribution in [2.24, 2.45) is 5.92 Å². The molecule has 1 saturated heterocycles. The van der Waals surface area contributed by atoms with Crippen molar-refractivity contribution < 1.29 is 14.7 Å². The van der Waals surface area contributed by atoms with Crippen LogP contribution in [0.15, 0.2) is 0 Å². The van der Waals surface area contributed by atoms with E-state index in [0.717, 1.165) is 0 Å². The summed E-state index contributed by atoms with van der Waals surface area (Å²) >= 11 is 11.6. The highest BCUT2D eigenvalue weighted by molar-refractivity contribution is 6.34. The van der Waals surface area contributed by atoms with Gasteiger partial charge in [0.05, 0.1) is 11.6 Å². The van der Waals surface area contributed by atoms with E-state index in [0.29, 0.717) is 11.4 Å². The molecule has 6 nitrogen and oxygen atoms in total. The Balaban J connectivity index is 2.39. The van der Waals surface area contributed by atoms with Crippen molar-refractivity contribution in [1.82, 2.24) is 9.97 Å². The van der Waals surface area contributed by atoms with Crippen LogP contribution in [0, 0.1) is 12.8 Å². The first kappa shape index (κ1) is 13.0. The molecular formula is C10H9Cl2N3O3. The molecular weight excluding hydrogens is 281 g/mol. The maximum atomic E-state index is 11.8. The van der Waals surface area contributed by atoms with Gasteiger partial charge >= 0.3 is 5.97 Å². The van der Waals surface area contributed by atoms with Crippen LogP contribution < -0.4 is 4.90 Å². The number of nitrogens with zero attached hydrogens (tertiary/aromatic N) is 3. The molecule has 0 spiro atoms. The minimum absolute atomic E-state index is 0.0114. The van der Waals surface area contributed by atoms with E-state index in [2.05, 4.69) is 9.97 Å². The number of anilines is 1. The number of hydrogen-bond acceptors (Lipinski definition) is 4. The lowest BCUT2D eigenvalue weighted by molar-refractivity contribution is -0.141. The SMILES string of the molecule is Cc1nc(Cl)nc(Cl)c1N1CC(C(=O)O)CC1=O. The summed E-state index contributed by atoms with van der Waals surface area (Å²) < 4.78 is 0. The van der Waals surface area contributed by atoms with Crippen molar-refractivity contribution in [3.05, 3.63) is 16.1 Å². The van der Waals surface area contributed by atoms with E-state index in [-0.39, 0.29) is 29.3 Å². The third kappa shape index (κ3) is 2.26. The van der Waals surface area contributed by atoms with Crippen molar-refractivity contribution >= 4 is 40.8 Å². The predicted molar refractivity (Wildman–Crippen MR) is 64.9 cm³/mol. The molecule has 2 heterocycles. The fraction of sp³-hybridized carbons (Fsp3) is 0.400. The summed E-state index contributed by atoms with van der Waals surface area (Å²) in [5, 5.41) is 8.95. The average molecular weight is 290 g/mol. The Morgan fingerprint density at radius 3 is 2.61 bits per heavy atom. The molecule has 18 heavy (non-hydrogen) atoms. The highest BCUT2D eigenvalue weighted by atomic mass is 35.5. The number of aromatic nitrogens is 2. The van der Waals surface area contributed by atoms with Crippen LogP contribution in [-0.4, -0.2) is 33.5 Å². The summed E-state index contributed by atoms with van der Waals surface area (Å²) in [6.45, 7) is 1.70. The zero-order valence-corrected chi connectivity index (χ0v) is 10.9. The molecule has 0 radical (unpaired) electrons. The lowest BCUT2D eigenvalue weighted by atomic mass is 10.1. The maximum absolute atomic E-state index is 11.8. The van der Waals surface area contributed by atoms with E-state index < -0.39 is 11.9 Å². The van der Waals surface area contributed by atoms with Gasteiger partial charge in [0.1, 0.15) is 5.69 Å². The first-order chi connectivity index (χ1) is 8.40. The van der Waals surface area contributed by atoms with E-state index in [1.807, 2.05) is 0 Å². The van der Waals surface area contributed by atoms with Gasteiger partial charge in [-0.15, -0.1) is 0 Å². The number of amides is 1. The number of aryl methyl sites for hydroxylation is 1. The Bertz CT molecular complexity index is 512. The number of carboxylic acids is 1. The number of carbonyl (C=O) groups excluding carboxylic acids is 1. The molecule has 0 saturated carbocycles. The Morgan fingerprint density at radius 1 is 1.44 bits per heavy atom. The predicted octanol–water partition coefficient (Wildman–Crippen LogP) is 1.53. The zero-order chi connectivity index (χ0) is 13.4. The van der Waals surface area contributed by atoms with Crippen LogP contribution in [0.4, 0.5) is 5.69 Å². The number of hydrogen-bond donors (Lipinski definition) is 1. The van der Waals surface area contributed by atoms with Crippen molar-refractivity contribution in [3.63, 3.8) is 0 Å². The van der Waals surface area contributed by atoms with Gasteiger partial charge in [0.25, 0.3) is 0 Å². The van der Waals surface area contributed by atoms with E-state index in [1.165, 1.54) is 4.90 Å². The van der Waals surface area contributed by atoms with E-state index in [9.17, 15) is 9.59 Å². The smallest absolute Gasteiger partial charge is 0.308 e. The van der Waals surface area contributed by atoms with Crippen molar-refractivity contribution in [2.45, 2.75) is 13.3 Å². The van der Waals surface area contributed by atoms with Gasteiger partial charge in [0.2, 0.25) is 11.2 Å². The molecule has 1 aliphatic heterocycles. The summed E-state index contributed by atoms with van der Waals surface area (Å²) in [6, 6.07) is 0. The Kier molecular flexibility index (Phi) is 3.41. The van der Waals surface area contributed by atoms with Gasteiger partial charge in [-0.3, -0.25) is 9.59 Å². The Labute approximate surface area is 113 Å². The van der Waals surface area contributed by atoms with Crippen LogP contribution in [0.25, 0.3) is 0 Å². The minimum atomic E-state index is -1.01. The molecule has 8 heteroatoms. The molecule has 1 aromatic rings.